The number of carbonyl (C=O) groups excluding carboxylic acids is 2. The van der Waals surface area contributed by atoms with E-state index >= 15 is 0 Å². The highest BCUT2D eigenvalue weighted by Gasteiger charge is 2.62. The van der Waals surface area contributed by atoms with E-state index < -0.39 is 247 Å². The number of carboxylic acid groups (broad SMARTS) is 2. The van der Waals surface area contributed by atoms with Crippen LogP contribution in [-0.4, -0.2) is 332 Å². The highest BCUT2D eigenvalue weighted by atomic mass is 16.8. The first kappa shape index (κ1) is 97.1. The molecular formula is C74H134N4O32. The zero-order chi connectivity index (χ0) is 81.3. The molecule has 642 valence electrons. The van der Waals surface area contributed by atoms with E-state index in [2.05, 4.69) is 24.5 Å². The van der Waals surface area contributed by atoms with Crippen LogP contribution < -0.4 is 22.1 Å². The van der Waals surface area contributed by atoms with E-state index in [0.29, 0.717) is 12.8 Å². The van der Waals surface area contributed by atoms with Crippen molar-refractivity contribution in [2.24, 2.45) is 11.5 Å². The summed E-state index contributed by atoms with van der Waals surface area (Å²) >= 11 is 0. The summed E-state index contributed by atoms with van der Waals surface area (Å²) in [6, 6.07) is -6.44. The molecule has 5 heterocycles. The summed E-state index contributed by atoms with van der Waals surface area (Å²) < 4.78 is 59.0. The summed E-state index contributed by atoms with van der Waals surface area (Å²) in [6.07, 6.45) is -16.4. The number of aliphatic hydroxyl groups excluding tert-OH is 16. The van der Waals surface area contributed by atoms with Crippen LogP contribution in [0.2, 0.25) is 0 Å². The lowest BCUT2D eigenvalue weighted by Gasteiger charge is -2.52. The van der Waals surface area contributed by atoms with Crippen LogP contribution in [0.4, 0.5) is 0 Å². The van der Waals surface area contributed by atoms with Gasteiger partial charge in [-0.3, -0.25) is 9.59 Å². The summed E-state index contributed by atoms with van der Waals surface area (Å²) in [5.41, 5.74) is 12.2. The number of nitrogens with one attached hydrogen (secondary N) is 2. The Morgan fingerprint density at radius 1 is 0.509 bits per heavy atom. The lowest BCUT2D eigenvalue weighted by atomic mass is 9.88. The molecule has 0 radical (unpaired) electrons. The smallest absolute Gasteiger partial charge is 0.364 e. The Labute approximate surface area is 644 Å². The van der Waals surface area contributed by atoms with E-state index in [-0.39, 0.29) is 12.3 Å². The predicted octanol–water partition coefficient (Wildman–Crippen LogP) is -2.05. The molecule has 36 nitrogen and oxygen atoms in total. The number of nitrogens with two attached hydrogens (primary N) is 2. The maximum Gasteiger partial charge on any atom is 0.364 e. The van der Waals surface area contributed by atoms with Gasteiger partial charge in [0, 0.05) is 26.2 Å². The van der Waals surface area contributed by atoms with Crippen LogP contribution in [0, 0.1) is 0 Å². The highest BCUT2D eigenvalue weighted by Crippen LogP contribution is 2.41. The molecule has 5 saturated heterocycles. The molecule has 5 fully saturated rings. The number of carboxylic acids is 2. The van der Waals surface area contributed by atoms with Crippen LogP contribution >= 0.6 is 0 Å². The van der Waals surface area contributed by atoms with E-state index in [0.717, 1.165) is 64.7 Å². The second-order valence-electron chi connectivity index (χ2n) is 30.2. The van der Waals surface area contributed by atoms with E-state index in [1.807, 2.05) is 6.08 Å². The molecule has 24 N–H and O–H groups in total. The number of rotatable bonds is 54. The Morgan fingerprint density at radius 2 is 0.955 bits per heavy atom. The van der Waals surface area contributed by atoms with Crippen molar-refractivity contribution in [1.29, 1.82) is 0 Å². The van der Waals surface area contributed by atoms with Gasteiger partial charge in [0.25, 0.3) is 11.6 Å². The van der Waals surface area contributed by atoms with Gasteiger partial charge in [0.1, 0.15) is 110 Å². The summed E-state index contributed by atoms with van der Waals surface area (Å²) in [6.45, 7) is -0.837. The second-order valence-corrected chi connectivity index (χ2v) is 30.2. The Morgan fingerprint density at radius 3 is 1.45 bits per heavy atom. The third-order valence-electron chi connectivity index (χ3n) is 21.3. The molecular weight excluding hydrogens is 1460 g/mol. The molecule has 29 atom stereocenters. The minimum atomic E-state index is -3.43. The molecule has 2 amide bonds. The van der Waals surface area contributed by atoms with E-state index in [4.69, 9.17) is 58.8 Å². The number of aliphatic carboxylic acids is 2. The van der Waals surface area contributed by atoms with Gasteiger partial charge in [-0.25, -0.2) is 9.59 Å². The van der Waals surface area contributed by atoms with Crippen molar-refractivity contribution in [1.82, 2.24) is 10.6 Å². The average Bonchev–Trinajstić information content (AvgIpc) is 0.753. The van der Waals surface area contributed by atoms with Crippen molar-refractivity contribution < 1.29 is 158 Å². The molecule has 36 heteroatoms. The molecule has 0 bridgehead atoms. The van der Waals surface area contributed by atoms with Gasteiger partial charge in [0.05, 0.1) is 76.1 Å². The highest BCUT2D eigenvalue weighted by molar-refractivity contribution is 5.77. The normalized spacial score (nSPS) is 34.6. The molecule has 0 saturated carbocycles. The van der Waals surface area contributed by atoms with Gasteiger partial charge in [-0.15, -0.1) is 0 Å². The van der Waals surface area contributed by atoms with Crippen molar-refractivity contribution in [2.75, 3.05) is 39.6 Å². The minimum Gasteiger partial charge on any atom is -0.477 e. The van der Waals surface area contributed by atoms with Crippen LogP contribution in [0.25, 0.3) is 0 Å². The second kappa shape index (κ2) is 50.2. The van der Waals surface area contributed by atoms with Crippen molar-refractivity contribution in [3.05, 3.63) is 12.2 Å². The molecule has 0 aromatic rings. The number of ether oxygens (including phenoxy) is 10. The van der Waals surface area contributed by atoms with Gasteiger partial charge in [-0.2, -0.15) is 0 Å². The maximum atomic E-state index is 13.9. The van der Waals surface area contributed by atoms with Crippen LogP contribution in [-0.2, 0) is 66.5 Å². The van der Waals surface area contributed by atoms with Crippen LogP contribution in [0.5, 0.6) is 0 Å². The zero-order valence-electron chi connectivity index (χ0n) is 64.1. The van der Waals surface area contributed by atoms with Crippen LogP contribution in [0.1, 0.15) is 213 Å². The number of hydrogen-bond acceptors (Lipinski definition) is 32. The molecule has 5 rings (SSSR count). The Balaban J connectivity index is 1.37. The fourth-order valence-electron chi connectivity index (χ4n) is 14.6. The number of hydrogen-bond donors (Lipinski definition) is 22. The van der Waals surface area contributed by atoms with Crippen molar-refractivity contribution in [2.45, 2.75) is 390 Å². The molecule has 0 spiro atoms. The van der Waals surface area contributed by atoms with Gasteiger partial charge >= 0.3 is 11.9 Å². The van der Waals surface area contributed by atoms with Crippen LogP contribution in [0.3, 0.4) is 0 Å². The van der Waals surface area contributed by atoms with E-state index in [1.165, 1.54) is 109 Å². The minimum absolute atomic E-state index is 0.130. The van der Waals surface area contributed by atoms with Gasteiger partial charge in [-0.1, -0.05) is 180 Å². The van der Waals surface area contributed by atoms with Crippen molar-refractivity contribution in [3.63, 3.8) is 0 Å². The molecule has 5 aliphatic heterocycles. The number of aliphatic hydroxyl groups is 16. The van der Waals surface area contributed by atoms with Crippen molar-refractivity contribution in [3.8, 4) is 0 Å². The Hall–Kier alpha value is -3.50. The molecule has 10 unspecified atom stereocenters. The first-order chi connectivity index (χ1) is 52.5. The fraction of sp³-hybridized carbons (Fsp3) is 0.919. The predicted molar refractivity (Wildman–Crippen MR) is 388 cm³/mol. The molecule has 5 aliphatic rings. The number of carbonyl (C=O) groups is 4. The summed E-state index contributed by atoms with van der Waals surface area (Å²) in [4.78, 5) is 52.8. The van der Waals surface area contributed by atoms with Crippen LogP contribution in [0.15, 0.2) is 12.2 Å². The molecule has 0 aromatic carbocycles. The van der Waals surface area contributed by atoms with E-state index in [9.17, 15) is 111 Å². The molecule has 0 aliphatic carbocycles. The fourth-order valence-corrected chi connectivity index (χ4v) is 14.6. The number of unbranched alkanes of at least 4 members (excludes halogenated alkanes) is 25. The first-order valence-corrected chi connectivity index (χ1v) is 39.9. The third-order valence-corrected chi connectivity index (χ3v) is 21.3. The summed E-state index contributed by atoms with van der Waals surface area (Å²) in [7, 11) is 0. The van der Waals surface area contributed by atoms with Gasteiger partial charge in [0.2, 0.25) is 11.8 Å². The lowest BCUT2D eigenvalue weighted by Crippen LogP contribution is -2.71. The molecule has 110 heavy (non-hydrogen) atoms. The largest absolute Gasteiger partial charge is 0.477 e. The third kappa shape index (κ3) is 29.0. The monoisotopic (exact) mass is 1590 g/mol. The average molecular weight is 1590 g/mol. The quantitative estimate of drug-likeness (QED) is 0.0230. The summed E-state index contributed by atoms with van der Waals surface area (Å²) in [5.74, 6) is -11.9. The van der Waals surface area contributed by atoms with Gasteiger partial charge < -0.3 is 161 Å². The van der Waals surface area contributed by atoms with Crippen molar-refractivity contribution >= 4 is 23.8 Å². The SMILES string of the molecule is CCCCCCCCCCCCC/C=C/C(O)C(CO[C@@H]1O[C@H](CO)[C@@H](O[C@@H]2O[C@H](CO)[C@H](O[C@@H]3O[C@H](CO)[C@H](O)[C@H](O)[C@H]3NC(C)=O)[C@H](O[C@]3(C(=O)O)C[C@@H](O)[C@H](N)[C@@H](C(O)C(O)COC4(C(=O)O)CC(O)C(N)C(C(O)C(O)CO)O4)O3)[C@H]2O)[C@H](O)[C@H]1O)NC(=O)CCCCCCCCCCCCCCCCC. The number of amides is 2. The standard InChI is InChI=1S/C74H134N4O32/c1-4-6-8-10-12-14-16-18-19-21-23-25-27-29-31-33-52(89)78-43(44(84)32-30-28-26-24-22-20-17-15-13-11-9-7-5-2)40-101-69-61(95)60(94)63(50(38-81)104-69)106-70-62(96)67(64(51(39-82)105-70)107-68-55(77-42(3)83)59(93)58(92)49(37-80)103-68)110-74(72(99)100)35-46(86)54(76)66(109-74)57(91)48(88)41-102-73(71(97)98)34-45(85)53(75)65(108-73)56(90)47(87)36-79/h30,32,43-51,53-70,79-82,84-88,90-96H,4-29,31,33-41,75-76H2,1-3H3,(H,77,83)(H,78,89)(H,97,98)(H,99,100)/b32-30+/t43?,44?,45?,46-,47?,48?,49-,50-,51-,53?,54+,55-,56?,57?,58+,59-,60-,61-,62-,63-,64+,65?,66+,67-,68+,69-,70+,73?,74+/m1/s1. The Kier molecular flexibility index (Phi) is 44.3. The van der Waals surface area contributed by atoms with Gasteiger partial charge in [-0.05, 0) is 19.3 Å². The Bertz CT molecular complexity index is 2620. The number of allylic oxidation sites excluding steroid dienone is 1. The van der Waals surface area contributed by atoms with E-state index in [1.54, 1.807) is 0 Å². The first-order valence-electron chi connectivity index (χ1n) is 39.9. The lowest BCUT2D eigenvalue weighted by molar-refractivity contribution is -0.400. The van der Waals surface area contributed by atoms with Gasteiger partial charge in [0.15, 0.2) is 18.9 Å². The topological polar surface area (TPSA) is 601 Å². The maximum absolute atomic E-state index is 13.9. The summed E-state index contributed by atoms with van der Waals surface area (Å²) in [5, 5.41) is 205. The molecule has 0 aromatic heterocycles. The zero-order valence-corrected chi connectivity index (χ0v) is 64.1.